The van der Waals surface area contributed by atoms with E-state index in [1.807, 2.05) is 55.8 Å². The molecule has 0 saturated heterocycles. The number of anilines is 3. The van der Waals surface area contributed by atoms with Crippen molar-refractivity contribution in [3.05, 3.63) is 66.1 Å². The van der Waals surface area contributed by atoms with Crippen LogP contribution in [0, 0.1) is 5.41 Å². The fraction of sp³-hybridized carbons (Fsp3) is 0.321. The van der Waals surface area contributed by atoms with Crippen LogP contribution in [0.25, 0.3) is 11.0 Å². The Kier molecular flexibility index (Phi) is 8.83. The summed E-state index contributed by atoms with van der Waals surface area (Å²) in [6, 6.07) is 14.5. The summed E-state index contributed by atoms with van der Waals surface area (Å²) in [5.74, 6) is 1.61. The van der Waals surface area contributed by atoms with Gasteiger partial charge in [-0.2, -0.15) is 0 Å². The fourth-order valence-corrected chi connectivity index (χ4v) is 4.11. The minimum atomic E-state index is -0.100. The highest BCUT2D eigenvalue weighted by Gasteiger charge is 2.16. The number of halogens is 1. The molecule has 0 spiro atoms. The third kappa shape index (κ3) is 7.44. The number of rotatable bonds is 11. The number of aliphatic hydroxyl groups excluding tert-OH is 1. The van der Waals surface area contributed by atoms with Crippen molar-refractivity contribution in [1.29, 1.82) is 0 Å². The number of nitrogens with one attached hydrogen (secondary N) is 2. The Bertz CT molecular complexity index is 1400. The van der Waals surface area contributed by atoms with E-state index >= 15 is 0 Å². The smallest absolute Gasteiger partial charge is 0.224 e. The first kappa shape index (κ1) is 27.4. The second-order valence-corrected chi connectivity index (χ2v) is 10.4. The van der Waals surface area contributed by atoms with Crippen LogP contribution >= 0.6 is 11.6 Å². The average Bonchev–Trinajstić information content (AvgIpc) is 3.27. The van der Waals surface area contributed by atoms with Crippen molar-refractivity contribution < 1.29 is 19.4 Å². The van der Waals surface area contributed by atoms with Crippen LogP contribution in [0.2, 0.25) is 5.02 Å². The van der Waals surface area contributed by atoms with E-state index in [1.165, 1.54) is 6.33 Å². The molecule has 9 nitrogen and oxygen atoms in total. The van der Waals surface area contributed by atoms with Gasteiger partial charge in [-0.15, -0.1) is 0 Å². The molecule has 4 aromatic rings. The van der Waals surface area contributed by atoms with Crippen molar-refractivity contribution in [3.63, 3.8) is 0 Å². The van der Waals surface area contributed by atoms with Crippen LogP contribution in [-0.4, -0.2) is 45.4 Å². The number of hydrogen-bond donors (Lipinski definition) is 3. The molecule has 200 valence electrons. The maximum Gasteiger partial charge on any atom is 0.224 e. The van der Waals surface area contributed by atoms with Gasteiger partial charge >= 0.3 is 0 Å². The minimum Gasteiger partial charge on any atom is -0.456 e. The highest BCUT2D eigenvalue weighted by molar-refractivity contribution is 6.32. The predicted octanol–water partition coefficient (Wildman–Crippen LogP) is 6.00. The first-order valence-corrected chi connectivity index (χ1v) is 12.7. The van der Waals surface area contributed by atoms with Gasteiger partial charge in [-0.05, 0) is 41.8 Å². The van der Waals surface area contributed by atoms with Crippen LogP contribution in [0.4, 0.5) is 17.2 Å². The van der Waals surface area contributed by atoms with Gasteiger partial charge in [0.25, 0.3) is 0 Å². The zero-order valence-corrected chi connectivity index (χ0v) is 22.5. The molecule has 0 aliphatic carbocycles. The maximum absolute atomic E-state index is 12.3. The van der Waals surface area contributed by atoms with Crippen molar-refractivity contribution in [2.75, 3.05) is 30.5 Å². The minimum absolute atomic E-state index is 0.0116. The Hall–Kier alpha value is -3.66. The van der Waals surface area contributed by atoms with Crippen LogP contribution in [0.15, 0.2) is 61.1 Å². The predicted molar refractivity (Wildman–Crippen MR) is 149 cm³/mol. The highest BCUT2D eigenvalue weighted by atomic mass is 35.5. The van der Waals surface area contributed by atoms with E-state index in [4.69, 9.17) is 26.2 Å². The van der Waals surface area contributed by atoms with E-state index in [-0.39, 0.29) is 17.9 Å². The summed E-state index contributed by atoms with van der Waals surface area (Å²) in [6.45, 7) is 7.40. The highest BCUT2D eigenvalue weighted by Crippen LogP contribution is 2.34. The van der Waals surface area contributed by atoms with Gasteiger partial charge in [0.2, 0.25) is 5.91 Å². The van der Waals surface area contributed by atoms with E-state index in [0.29, 0.717) is 54.2 Å². The zero-order chi connectivity index (χ0) is 27.1. The summed E-state index contributed by atoms with van der Waals surface area (Å²) in [7, 11) is 0. The summed E-state index contributed by atoms with van der Waals surface area (Å²) in [5, 5.41) is 15.6. The number of hydrogen-bond acceptors (Lipinski definition) is 7. The van der Waals surface area contributed by atoms with Gasteiger partial charge in [-0.25, -0.2) is 9.97 Å². The monoisotopic (exact) mass is 537 g/mol. The second kappa shape index (κ2) is 12.3. The number of carbonyl (C=O) groups excluding carboxylic acids is 1. The molecule has 10 heteroatoms. The summed E-state index contributed by atoms with van der Waals surface area (Å²) >= 11 is 6.56. The molecule has 0 unspecified atom stereocenters. The standard InChI is InChI=1S/C28H32ClN5O4/c1-28(2,3)17-25(36)32-19-5-4-6-21(15-19)38-24-8-7-20(16-22(24)29)33-27-26-23(30-18-31-27)9-10-34(26)11-13-37-14-12-35/h4-10,15-16,18,35H,11-14,17H2,1-3H3,(H,32,36)(H,30,31,33). The van der Waals surface area contributed by atoms with Crippen molar-refractivity contribution >= 4 is 45.7 Å². The quantitative estimate of drug-likeness (QED) is 0.201. The number of benzene rings is 2. The van der Waals surface area contributed by atoms with Gasteiger partial charge in [0.05, 0.1) is 30.4 Å². The maximum atomic E-state index is 12.3. The Labute approximate surface area is 226 Å². The zero-order valence-electron chi connectivity index (χ0n) is 21.7. The van der Waals surface area contributed by atoms with Gasteiger partial charge in [-0.3, -0.25) is 4.79 Å². The molecule has 0 aliphatic rings. The van der Waals surface area contributed by atoms with E-state index in [0.717, 1.165) is 16.7 Å². The van der Waals surface area contributed by atoms with Crippen LogP contribution in [0.5, 0.6) is 11.5 Å². The summed E-state index contributed by atoms with van der Waals surface area (Å²) in [6.07, 6.45) is 3.85. The van der Waals surface area contributed by atoms with Crippen molar-refractivity contribution in [2.24, 2.45) is 5.41 Å². The summed E-state index contributed by atoms with van der Waals surface area (Å²) in [4.78, 5) is 21.1. The van der Waals surface area contributed by atoms with Crippen LogP contribution in [0.1, 0.15) is 27.2 Å². The number of nitrogens with zero attached hydrogens (tertiary/aromatic N) is 3. The molecule has 1 amide bonds. The molecule has 0 atom stereocenters. The molecular weight excluding hydrogens is 506 g/mol. The summed E-state index contributed by atoms with van der Waals surface area (Å²) < 4.78 is 13.4. The molecular formula is C28H32ClN5O4. The molecule has 4 rings (SSSR count). The first-order valence-electron chi connectivity index (χ1n) is 12.3. The average molecular weight is 538 g/mol. The van der Waals surface area contributed by atoms with Gasteiger partial charge in [0.1, 0.15) is 23.3 Å². The molecule has 0 radical (unpaired) electrons. The topological polar surface area (TPSA) is 111 Å². The van der Waals surface area contributed by atoms with Crippen LogP contribution in [-0.2, 0) is 16.1 Å². The molecule has 2 aromatic carbocycles. The first-order chi connectivity index (χ1) is 18.2. The molecule has 2 aromatic heterocycles. The Morgan fingerprint density at radius 1 is 1.08 bits per heavy atom. The number of aliphatic hydroxyl groups is 1. The van der Waals surface area contributed by atoms with E-state index in [1.54, 1.807) is 24.3 Å². The lowest BCUT2D eigenvalue weighted by molar-refractivity contribution is -0.117. The van der Waals surface area contributed by atoms with Gasteiger partial charge in [0, 0.05) is 36.6 Å². The van der Waals surface area contributed by atoms with Gasteiger partial charge in [-0.1, -0.05) is 38.4 Å². The van der Waals surface area contributed by atoms with Gasteiger partial charge in [0.15, 0.2) is 5.82 Å². The number of amides is 1. The number of ether oxygens (including phenoxy) is 2. The molecule has 0 fully saturated rings. The van der Waals surface area contributed by atoms with Crippen LogP contribution in [0.3, 0.4) is 0 Å². The molecule has 3 N–H and O–H groups in total. The second-order valence-electron chi connectivity index (χ2n) is 9.99. The lowest BCUT2D eigenvalue weighted by Crippen LogP contribution is -2.19. The Balaban J connectivity index is 1.46. The Morgan fingerprint density at radius 2 is 1.92 bits per heavy atom. The molecule has 2 heterocycles. The lowest BCUT2D eigenvalue weighted by Gasteiger charge is -2.17. The number of fused-ring (bicyclic) bond motifs is 1. The van der Waals surface area contributed by atoms with Crippen LogP contribution < -0.4 is 15.4 Å². The molecule has 38 heavy (non-hydrogen) atoms. The van der Waals surface area contributed by atoms with Crippen molar-refractivity contribution in [1.82, 2.24) is 14.5 Å². The van der Waals surface area contributed by atoms with E-state index < -0.39 is 0 Å². The van der Waals surface area contributed by atoms with E-state index in [2.05, 4.69) is 20.6 Å². The molecule has 0 bridgehead atoms. The normalized spacial score (nSPS) is 11.5. The third-order valence-electron chi connectivity index (χ3n) is 5.49. The fourth-order valence-electron chi connectivity index (χ4n) is 3.89. The molecule has 0 aliphatic heterocycles. The summed E-state index contributed by atoms with van der Waals surface area (Å²) in [5.41, 5.74) is 2.92. The number of aromatic nitrogens is 3. The Morgan fingerprint density at radius 3 is 2.68 bits per heavy atom. The lowest BCUT2D eigenvalue weighted by atomic mass is 9.92. The van der Waals surface area contributed by atoms with Crippen molar-refractivity contribution in [3.8, 4) is 11.5 Å². The van der Waals surface area contributed by atoms with Gasteiger partial charge < -0.3 is 29.8 Å². The van der Waals surface area contributed by atoms with E-state index in [9.17, 15) is 4.79 Å². The SMILES string of the molecule is CC(C)(C)CC(=O)Nc1cccc(Oc2ccc(Nc3ncnc4ccn(CCOCCO)c34)cc2Cl)c1. The largest absolute Gasteiger partial charge is 0.456 e. The molecule has 0 saturated carbocycles. The van der Waals surface area contributed by atoms with Crippen molar-refractivity contribution in [2.45, 2.75) is 33.7 Å². The number of carbonyl (C=O) groups is 1. The third-order valence-corrected chi connectivity index (χ3v) is 5.79.